The molecule has 0 spiro atoms. The van der Waals surface area contributed by atoms with E-state index in [9.17, 15) is 13.2 Å². The van der Waals surface area contributed by atoms with Crippen molar-refractivity contribution in [2.45, 2.75) is 24.3 Å². The van der Waals surface area contributed by atoms with E-state index in [2.05, 4.69) is 25.7 Å². The number of sulfonamides is 1. The number of anilines is 1. The largest absolute Gasteiger partial charge is 0.300 e. The van der Waals surface area contributed by atoms with Crippen molar-refractivity contribution in [1.29, 1.82) is 0 Å². The average molecular weight is 470 g/mol. The monoisotopic (exact) mass is 469 g/mol. The van der Waals surface area contributed by atoms with Crippen LogP contribution in [0, 0.1) is 0 Å². The topological polar surface area (TPSA) is 123 Å². The van der Waals surface area contributed by atoms with E-state index in [0.29, 0.717) is 34.3 Å². The Labute approximate surface area is 187 Å². The Bertz CT molecular complexity index is 1380. The van der Waals surface area contributed by atoms with Crippen LogP contribution >= 0.6 is 11.3 Å². The van der Waals surface area contributed by atoms with Crippen LogP contribution in [0.15, 0.2) is 53.4 Å². The molecule has 0 bridgehead atoms. The average Bonchev–Trinajstić information content (AvgIpc) is 3.54. The maximum absolute atomic E-state index is 12.8. The minimum Gasteiger partial charge on any atom is -0.300 e. The number of thiazole rings is 1. The molecule has 0 radical (unpaired) electrons. The lowest BCUT2D eigenvalue weighted by Gasteiger charge is -2.15. The summed E-state index contributed by atoms with van der Waals surface area (Å²) in [6, 6.07) is 14.2. The second-order valence-electron chi connectivity index (χ2n) is 7.32. The molecule has 1 fully saturated rings. The normalized spacial score (nSPS) is 14.8. The molecule has 1 amide bonds. The second-order valence-corrected chi connectivity index (χ2v) is 10.3. The van der Waals surface area contributed by atoms with E-state index in [1.54, 1.807) is 18.2 Å². The van der Waals surface area contributed by atoms with E-state index < -0.39 is 10.0 Å². The first-order valence-electron chi connectivity index (χ1n) is 10.0. The number of fused-ring (bicyclic) bond motifs is 1. The summed E-state index contributed by atoms with van der Waals surface area (Å²) >= 11 is 1.22. The molecular formula is C20H19N7O3S2. The van der Waals surface area contributed by atoms with E-state index in [1.165, 1.54) is 20.4 Å². The van der Waals surface area contributed by atoms with Crippen LogP contribution in [0.4, 0.5) is 5.13 Å². The van der Waals surface area contributed by atoms with Crippen molar-refractivity contribution in [2.24, 2.45) is 0 Å². The van der Waals surface area contributed by atoms with Crippen LogP contribution in [-0.4, -0.2) is 56.9 Å². The fourth-order valence-electron chi connectivity index (χ4n) is 3.50. The van der Waals surface area contributed by atoms with Gasteiger partial charge in [0.1, 0.15) is 6.54 Å². The predicted octanol–water partition coefficient (Wildman–Crippen LogP) is 2.37. The van der Waals surface area contributed by atoms with E-state index in [4.69, 9.17) is 0 Å². The zero-order valence-electron chi connectivity index (χ0n) is 16.9. The lowest BCUT2D eigenvalue weighted by Crippen LogP contribution is -2.27. The lowest BCUT2D eigenvalue weighted by atomic mass is 10.2. The standard InChI is InChI=1S/C20H19N7O3S2/c28-18(13-27-24-19(23-25-27)14-6-2-1-3-7-14)22-20-21-16-9-8-15(12-17(16)31-20)32(29,30)26-10-4-5-11-26/h1-3,6-9,12H,4-5,10-11,13H2,(H,21,22,28). The maximum Gasteiger partial charge on any atom is 0.249 e. The van der Waals surface area contributed by atoms with Crippen LogP contribution in [0.2, 0.25) is 0 Å². The molecule has 1 aliphatic rings. The molecule has 2 aromatic carbocycles. The van der Waals surface area contributed by atoms with E-state index >= 15 is 0 Å². The fraction of sp³-hybridized carbons (Fsp3) is 0.250. The number of nitrogens with one attached hydrogen (secondary N) is 1. The Hall–Kier alpha value is -3.22. The van der Waals surface area contributed by atoms with Gasteiger partial charge in [0.25, 0.3) is 0 Å². The molecule has 0 atom stereocenters. The van der Waals surface area contributed by atoms with Crippen molar-refractivity contribution in [1.82, 2.24) is 29.5 Å². The van der Waals surface area contributed by atoms with Crippen LogP contribution in [0.1, 0.15) is 12.8 Å². The number of tetrazole rings is 1. The summed E-state index contributed by atoms with van der Waals surface area (Å²) in [6.45, 7) is 0.976. The molecule has 2 aromatic heterocycles. The van der Waals surface area contributed by atoms with Crippen molar-refractivity contribution in [3.8, 4) is 11.4 Å². The molecule has 0 unspecified atom stereocenters. The first-order valence-corrected chi connectivity index (χ1v) is 12.3. The first kappa shape index (κ1) is 20.7. The highest BCUT2D eigenvalue weighted by atomic mass is 32.2. The molecule has 0 aliphatic carbocycles. The van der Waals surface area contributed by atoms with Gasteiger partial charge in [-0.1, -0.05) is 41.7 Å². The molecule has 1 saturated heterocycles. The van der Waals surface area contributed by atoms with Gasteiger partial charge < -0.3 is 5.32 Å². The number of carbonyl (C=O) groups is 1. The summed E-state index contributed by atoms with van der Waals surface area (Å²) < 4.78 is 27.8. The zero-order chi connectivity index (χ0) is 22.1. The number of hydrogen-bond donors (Lipinski definition) is 1. The van der Waals surface area contributed by atoms with Gasteiger partial charge in [-0.2, -0.15) is 9.10 Å². The quantitative estimate of drug-likeness (QED) is 0.460. The second kappa shape index (κ2) is 8.37. The molecule has 164 valence electrons. The summed E-state index contributed by atoms with van der Waals surface area (Å²) in [5.41, 5.74) is 1.43. The minimum atomic E-state index is -3.51. The van der Waals surface area contributed by atoms with Gasteiger partial charge in [0.15, 0.2) is 5.13 Å². The Morgan fingerprint density at radius 2 is 1.88 bits per heavy atom. The van der Waals surface area contributed by atoms with E-state index in [0.717, 1.165) is 18.4 Å². The van der Waals surface area contributed by atoms with Gasteiger partial charge in [0.05, 0.1) is 15.1 Å². The van der Waals surface area contributed by atoms with E-state index in [1.807, 2.05) is 30.3 Å². The highest BCUT2D eigenvalue weighted by Gasteiger charge is 2.27. The molecule has 32 heavy (non-hydrogen) atoms. The van der Waals surface area contributed by atoms with Crippen molar-refractivity contribution >= 4 is 42.6 Å². The minimum absolute atomic E-state index is 0.121. The Balaban J connectivity index is 1.29. The number of hydrogen-bond acceptors (Lipinski definition) is 8. The third-order valence-electron chi connectivity index (χ3n) is 5.08. The van der Waals surface area contributed by atoms with E-state index in [-0.39, 0.29) is 17.3 Å². The Kier molecular flexibility index (Phi) is 5.41. The van der Waals surface area contributed by atoms with Crippen molar-refractivity contribution in [3.05, 3.63) is 48.5 Å². The summed E-state index contributed by atoms with van der Waals surface area (Å²) in [5.74, 6) is 0.0797. The predicted molar refractivity (Wildman–Crippen MR) is 119 cm³/mol. The van der Waals surface area contributed by atoms with Crippen molar-refractivity contribution < 1.29 is 13.2 Å². The van der Waals surface area contributed by atoms with Gasteiger partial charge >= 0.3 is 0 Å². The molecule has 10 nitrogen and oxygen atoms in total. The lowest BCUT2D eigenvalue weighted by molar-refractivity contribution is -0.117. The van der Waals surface area contributed by atoms with Crippen molar-refractivity contribution in [3.63, 3.8) is 0 Å². The number of carbonyl (C=O) groups excluding carboxylic acids is 1. The molecular weight excluding hydrogens is 450 g/mol. The van der Waals surface area contributed by atoms with Gasteiger partial charge in [-0.3, -0.25) is 4.79 Å². The zero-order valence-corrected chi connectivity index (χ0v) is 18.5. The van der Waals surface area contributed by atoms with Gasteiger partial charge in [-0.15, -0.1) is 10.2 Å². The summed E-state index contributed by atoms with van der Waals surface area (Å²) in [6.07, 6.45) is 1.76. The summed E-state index contributed by atoms with van der Waals surface area (Å²) in [5, 5.41) is 15.2. The first-order chi connectivity index (χ1) is 15.5. The van der Waals surface area contributed by atoms with Gasteiger partial charge in [0.2, 0.25) is 21.8 Å². The fourth-order valence-corrected chi connectivity index (χ4v) is 6.04. The number of amides is 1. The molecule has 0 saturated carbocycles. The van der Waals surface area contributed by atoms with Crippen LogP contribution in [0.25, 0.3) is 21.6 Å². The van der Waals surface area contributed by atoms with Crippen molar-refractivity contribution in [2.75, 3.05) is 18.4 Å². The highest BCUT2D eigenvalue weighted by molar-refractivity contribution is 7.89. The summed E-state index contributed by atoms with van der Waals surface area (Å²) in [4.78, 5) is 18.3. The Morgan fingerprint density at radius 3 is 2.66 bits per heavy atom. The molecule has 5 rings (SSSR count). The highest BCUT2D eigenvalue weighted by Crippen LogP contribution is 2.30. The van der Waals surface area contributed by atoms with Crippen LogP contribution < -0.4 is 5.32 Å². The molecule has 4 aromatic rings. The SMILES string of the molecule is O=C(Cn1nnc(-c2ccccc2)n1)Nc1nc2ccc(S(=O)(=O)N3CCCC3)cc2s1. The molecule has 1 aliphatic heterocycles. The Morgan fingerprint density at radius 1 is 1.09 bits per heavy atom. The number of nitrogens with zero attached hydrogens (tertiary/aromatic N) is 6. The molecule has 12 heteroatoms. The maximum atomic E-state index is 12.8. The third-order valence-corrected chi connectivity index (χ3v) is 7.91. The van der Waals surface area contributed by atoms with Gasteiger partial charge in [-0.05, 0) is 36.3 Å². The van der Waals surface area contributed by atoms with Crippen LogP contribution in [-0.2, 0) is 21.4 Å². The number of aromatic nitrogens is 5. The van der Waals surface area contributed by atoms with Crippen LogP contribution in [0.3, 0.4) is 0 Å². The number of benzene rings is 2. The molecule has 1 N–H and O–H groups in total. The van der Waals surface area contributed by atoms with Crippen LogP contribution in [0.5, 0.6) is 0 Å². The van der Waals surface area contributed by atoms with Gasteiger partial charge in [-0.25, -0.2) is 13.4 Å². The smallest absolute Gasteiger partial charge is 0.249 e. The molecule has 3 heterocycles. The third kappa shape index (κ3) is 4.11. The number of rotatable bonds is 6. The summed E-state index contributed by atoms with van der Waals surface area (Å²) in [7, 11) is -3.51. The van der Waals surface area contributed by atoms with Gasteiger partial charge in [0, 0.05) is 18.7 Å².